The molecule has 0 aromatic carbocycles. The first kappa shape index (κ1) is 8.06. The smallest absolute Gasteiger partial charge is 0.326 e. The van der Waals surface area contributed by atoms with Crippen molar-refractivity contribution in [2.45, 2.75) is 12.2 Å². The molecule has 0 saturated carbocycles. The molecular formula is C5H7N3O2S. The lowest BCUT2D eigenvalue weighted by atomic mass is 10.5. The third-order valence-corrected chi connectivity index (χ3v) is 1.14. The van der Waals surface area contributed by atoms with Crippen molar-refractivity contribution in [1.29, 1.82) is 0 Å². The molecule has 0 fully saturated rings. The van der Waals surface area contributed by atoms with E-state index in [-0.39, 0.29) is 6.01 Å². The van der Waals surface area contributed by atoms with Gasteiger partial charge in [0.1, 0.15) is 6.33 Å². The van der Waals surface area contributed by atoms with Gasteiger partial charge in [0.05, 0.1) is 5.25 Å². The summed E-state index contributed by atoms with van der Waals surface area (Å²) in [6.45, 7) is 1.61. The summed E-state index contributed by atoms with van der Waals surface area (Å²) in [6.07, 6.45) is 1.26. The standard InChI is InChI=1S/C5H7N3O2S/c1-3(11)4(9)10-5-6-2-7-8-5/h2-3,11H,1H3,(H,6,7,8). The van der Waals surface area contributed by atoms with Gasteiger partial charge in [-0.2, -0.15) is 22.7 Å². The van der Waals surface area contributed by atoms with Gasteiger partial charge in [-0.15, -0.1) is 0 Å². The number of rotatable bonds is 2. The number of aromatic amines is 1. The molecule has 1 aromatic heterocycles. The van der Waals surface area contributed by atoms with Crippen LogP contribution in [0.25, 0.3) is 0 Å². The maximum Gasteiger partial charge on any atom is 0.326 e. The molecule has 6 heteroatoms. The van der Waals surface area contributed by atoms with Gasteiger partial charge >= 0.3 is 12.0 Å². The Morgan fingerprint density at radius 2 is 2.64 bits per heavy atom. The number of carbonyl (C=O) groups excluding carboxylic acids is 1. The van der Waals surface area contributed by atoms with E-state index in [1.807, 2.05) is 0 Å². The van der Waals surface area contributed by atoms with Gasteiger partial charge in [-0.05, 0) is 6.92 Å². The zero-order valence-electron chi connectivity index (χ0n) is 5.81. The van der Waals surface area contributed by atoms with Crippen LogP contribution in [-0.2, 0) is 4.79 Å². The van der Waals surface area contributed by atoms with E-state index < -0.39 is 11.2 Å². The highest BCUT2D eigenvalue weighted by Gasteiger charge is 2.11. The number of hydrogen-bond donors (Lipinski definition) is 2. The normalized spacial score (nSPS) is 12.5. The van der Waals surface area contributed by atoms with Gasteiger partial charge in [0, 0.05) is 0 Å². The van der Waals surface area contributed by atoms with E-state index in [0.29, 0.717) is 0 Å². The second kappa shape index (κ2) is 3.38. The number of hydrogen-bond acceptors (Lipinski definition) is 5. The first-order chi connectivity index (χ1) is 5.20. The Hall–Kier alpha value is -1.04. The van der Waals surface area contributed by atoms with E-state index in [1.54, 1.807) is 6.92 Å². The Labute approximate surface area is 68.6 Å². The zero-order valence-corrected chi connectivity index (χ0v) is 6.71. The van der Waals surface area contributed by atoms with Crippen LogP contribution in [0.3, 0.4) is 0 Å². The predicted molar refractivity (Wildman–Crippen MR) is 40.5 cm³/mol. The number of nitrogens with zero attached hydrogens (tertiary/aromatic N) is 2. The highest BCUT2D eigenvalue weighted by Crippen LogP contribution is 2.01. The second-order valence-corrected chi connectivity index (χ2v) is 2.66. The number of esters is 1. The van der Waals surface area contributed by atoms with Crippen molar-refractivity contribution in [3.05, 3.63) is 6.33 Å². The quantitative estimate of drug-likeness (QED) is 0.489. The first-order valence-corrected chi connectivity index (χ1v) is 3.47. The number of carbonyl (C=O) groups is 1. The van der Waals surface area contributed by atoms with Crippen LogP contribution >= 0.6 is 12.6 Å². The van der Waals surface area contributed by atoms with Crippen LogP contribution in [0.15, 0.2) is 6.33 Å². The first-order valence-electron chi connectivity index (χ1n) is 2.95. The van der Waals surface area contributed by atoms with Gasteiger partial charge in [-0.25, -0.2) is 5.10 Å². The van der Waals surface area contributed by atoms with Gasteiger partial charge in [-0.1, -0.05) is 0 Å². The summed E-state index contributed by atoms with van der Waals surface area (Å²) in [4.78, 5) is 14.4. The Morgan fingerprint density at radius 1 is 1.91 bits per heavy atom. The number of ether oxygens (including phenoxy) is 1. The highest BCUT2D eigenvalue weighted by atomic mass is 32.1. The molecule has 0 amide bonds. The number of nitrogens with one attached hydrogen (secondary N) is 1. The van der Waals surface area contributed by atoms with Gasteiger partial charge in [0.2, 0.25) is 0 Å². The number of aromatic nitrogens is 3. The zero-order chi connectivity index (χ0) is 8.27. The predicted octanol–water partition coefficient (Wildman–Crippen LogP) is 0.0284. The van der Waals surface area contributed by atoms with Crippen LogP contribution < -0.4 is 4.74 Å². The molecule has 0 radical (unpaired) electrons. The van der Waals surface area contributed by atoms with Crippen LogP contribution in [0.1, 0.15) is 6.92 Å². The molecule has 1 atom stereocenters. The van der Waals surface area contributed by atoms with E-state index in [0.717, 1.165) is 0 Å². The van der Waals surface area contributed by atoms with Crippen LogP contribution in [0.5, 0.6) is 6.01 Å². The van der Waals surface area contributed by atoms with Crippen molar-refractivity contribution in [3.8, 4) is 6.01 Å². The van der Waals surface area contributed by atoms with E-state index in [4.69, 9.17) is 0 Å². The summed E-state index contributed by atoms with van der Waals surface area (Å²) in [7, 11) is 0. The molecule has 0 aliphatic rings. The SMILES string of the molecule is CC(S)C(=O)Oc1ncn[nH]1. The maximum atomic E-state index is 10.8. The van der Waals surface area contributed by atoms with Crippen molar-refractivity contribution >= 4 is 18.6 Å². The third-order valence-electron chi connectivity index (χ3n) is 0.931. The molecule has 1 rings (SSSR count). The van der Waals surface area contributed by atoms with Crippen molar-refractivity contribution in [2.24, 2.45) is 0 Å². The molecule has 0 bridgehead atoms. The second-order valence-electron chi connectivity index (χ2n) is 1.89. The fourth-order valence-corrected chi connectivity index (χ4v) is 0.477. The van der Waals surface area contributed by atoms with E-state index >= 15 is 0 Å². The molecule has 11 heavy (non-hydrogen) atoms. The van der Waals surface area contributed by atoms with Crippen LogP contribution in [0, 0.1) is 0 Å². The average molecular weight is 173 g/mol. The lowest BCUT2D eigenvalue weighted by Crippen LogP contribution is -2.18. The van der Waals surface area contributed by atoms with Gasteiger partial charge in [0.15, 0.2) is 0 Å². The Morgan fingerprint density at radius 3 is 3.09 bits per heavy atom. The van der Waals surface area contributed by atoms with Crippen molar-refractivity contribution in [2.75, 3.05) is 0 Å². The van der Waals surface area contributed by atoms with Gasteiger partial charge in [-0.3, -0.25) is 4.79 Å². The number of H-pyrrole nitrogens is 1. The van der Waals surface area contributed by atoms with Gasteiger partial charge in [0.25, 0.3) is 0 Å². The van der Waals surface area contributed by atoms with Crippen LogP contribution in [0.2, 0.25) is 0 Å². The minimum atomic E-state index is -0.458. The largest absolute Gasteiger partial charge is 0.390 e. The monoisotopic (exact) mass is 173 g/mol. The lowest BCUT2D eigenvalue weighted by Gasteiger charge is -2.00. The van der Waals surface area contributed by atoms with E-state index in [1.165, 1.54) is 6.33 Å². The molecule has 0 saturated heterocycles. The fraction of sp³-hybridized carbons (Fsp3) is 0.400. The van der Waals surface area contributed by atoms with Crippen molar-refractivity contribution < 1.29 is 9.53 Å². The van der Waals surface area contributed by atoms with E-state index in [2.05, 4.69) is 32.5 Å². The molecule has 0 aliphatic heterocycles. The molecule has 1 aromatic rings. The summed E-state index contributed by atoms with van der Waals surface area (Å²) >= 11 is 3.87. The van der Waals surface area contributed by atoms with Crippen LogP contribution in [0.4, 0.5) is 0 Å². The van der Waals surface area contributed by atoms with Crippen LogP contribution in [-0.4, -0.2) is 26.4 Å². The molecule has 1 unspecified atom stereocenters. The summed E-state index contributed by atoms with van der Waals surface area (Å²) in [6, 6.07) is 0.0934. The average Bonchev–Trinajstić information content (AvgIpc) is 2.39. The Bertz CT molecular complexity index is 234. The summed E-state index contributed by atoms with van der Waals surface area (Å²) in [5, 5.41) is 5.42. The molecule has 5 nitrogen and oxygen atoms in total. The highest BCUT2D eigenvalue weighted by molar-refractivity contribution is 7.81. The minimum Gasteiger partial charge on any atom is -0.390 e. The minimum absolute atomic E-state index is 0.0934. The number of thiol groups is 1. The molecule has 1 N–H and O–H groups in total. The van der Waals surface area contributed by atoms with Crippen molar-refractivity contribution in [1.82, 2.24) is 15.2 Å². The Balaban J connectivity index is 2.50. The molecular weight excluding hydrogens is 166 g/mol. The summed E-state index contributed by atoms with van der Waals surface area (Å²) in [5.41, 5.74) is 0. The summed E-state index contributed by atoms with van der Waals surface area (Å²) < 4.78 is 4.67. The lowest BCUT2D eigenvalue weighted by molar-refractivity contribution is -0.133. The molecule has 1 heterocycles. The van der Waals surface area contributed by atoms with E-state index in [9.17, 15) is 4.79 Å². The molecule has 0 spiro atoms. The van der Waals surface area contributed by atoms with Gasteiger partial charge < -0.3 is 4.74 Å². The Kier molecular flexibility index (Phi) is 2.48. The maximum absolute atomic E-state index is 10.8. The fourth-order valence-electron chi connectivity index (χ4n) is 0.424. The molecule has 0 aliphatic carbocycles. The third kappa shape index (κ3) is 2.23. The molecule has 60 valence electrons. The van der Waals surface area contributed by atoms with Crippen molar-refractivity contribution in [3.63, 3.8) is 0 Å². The topological polar surface area (TPSA) is 67.9 Å². The summed E-state index contributed by atoms with van der Waals surface area (Å²) in [5.74, 6) is -0.454.